The second-order valence-corrected chi connectivity index (χ2v) is 12.1. The van der Waals surface area contributed by atoms with Gasteiger partial charge in [0.05, 0.1) is 0 Å². The van der Waals surface area contributed by atoms with Crippen molar-refractivity contribution < 1.29 is 8.91 Å². The van der Waals surface area contributed by atoms with Crippen molar-refractivity contribution in [1.82, 2.24) is 29.8 Å². The normalized spacial score (nSPS) is 12.6. The fourth-order valence-electron chi connectivity index (χ4n) is 6.60. The van der Waals surface area contributed by atoms with Gasteiger partial charge in [-0.25, -0.2) is 9.67 Å². The summed E-state index contributed by atoms with van der Waals surface area (Å²) in [4.78, 5) is 16.4. The molecule has 5 aromatic carbocycles. The Hall–Kier alpha value is -5.66. The topological polar surface area (TPSA) is 78.5 Å². The lowest BCUT2D eigenvalue weighted by Crippen LogP contribution is -2.39. The SMILES string of the molecule is [2H]C([2H])([2H])CCCc1nc(Cl)c(C=O)n1Cc1ccc(-c2ccccc2-c2nnnn2C(c2ccccc2)(c2ccccc2)c2ccccc2)cc1. The first-order chi connectivity index (χ1) is 25.3. The molecule has 0 aliphatic heterocycles. The van der Waals surface area contributed by atoms with Crippen LogP contribution in [0.25, 0.3) is 22.5 Å². The molecule has 0 aliphatic carbocycles. The summed E-state index contributed by atoms with van der Waals surface area (Å²) in [5, 5.41) is 13.8. The van der Waals surface area contributed by atoms with Crippen molar-refractivity contribution in [3.8, 4) is 22.5 Å². The quantitative estimate of drug-likeness (QED) is 0.0962. The lowest BCUT2D eigenvalue weighted by molar-refractivity contribution is 0.111. The average Bonchev–Trinajstić information content (AvgIpc) is 3.77. The van der Waals surface area contributed by atoms with Crippen LogP contribution in [0.2, 0.25) is 5.15 Å². The number of carbonyl (C=O) groups is 1. The van der Waals surface area contributed by atoms with E-state index in [0.717, 1.165) is 38.9 Å². The minimum Gasteiger partial charge on any atom is -0.320 e. The van der Waals surface area contributed by atoms with E-state index in [0.29, 0.717) is 37.3 Å². The molecule has 0 aliphatic rings. The number of halogens is 1. The average molecular weight is 666 g/mol. The third kappa shape index (κ3) is 5.98. The molecule has 0 unspecified atom stereocenters. The van der Waals surface area contributed by atoms with Crippen molar-refractivity contribution in [2.75, 3.05) is 0 Å². The van der Waals surface area contributed by atoms with Gasteiger partial charge in [0.15, 0.2) is 17.3 Å². The maximum absolute atomic E-state index is 12.0. The summed E-state index contributed by atoms with van der Waals surface area (Å²) in [6, 6.07) is 47.0. The highest BCUT2D eigenvalue weighted by Crippen LogP contribution is 2.43. The second kappa shape index (κ2) is 14.2. The standard InChI is InChI=1S/C41H35ClN6O/c1-2-3-23-38-43-39(42)37(29-49)47(38)28-30-24-26-31(27-25-30)35-21-13-14-22-36(35)40-44-45-46-48(40)41(32-15-7-4-8-16-32,33-17-9-5-10-18-33)34-19-11-6-12-20-34/h4-22,24-27,29H,2-3,23,28H2,1H3/i1D3. The molecule has 0 saturated carbocycles. The molecule has 0 N–H and O–H groups in total. The predicted molar refractivity (Wildman–Crippen MR) is 194 cm³/mol. The number of hydrogen-bond donors (Lipinski definition) is 0. The Morgan fingerprint density at radius 2 is 1.33 bits per heavy atom. The predicted octanol–water partition coefficient (Wildman–Crippen LogP) is 8.90. The van der Waals surface area contributed by atoms with Crippen molar-refractivity contribution in [3.05, 3.63) is 178 Å². The molecule has 2 aromatic heterocycles. The summed E-state index contributed by atoms with van der Waals surface area (Å²) in [6.45, 7) is -1.68. The monoisotopic (exact) mass is 665 g/mol. The van der Waals surface area contributed by atoms with E-state index in [9.17, 15) is 4.79 Å². The molecule has 0 fully saturated rings. The number of rotatable bonds is 12. The summed E-state index contributed by atoms with van der Waals surface area (Å²) in [7, 11) is 0. The lowest BCUT2D eigenvalue weighted by Gasteiger charge is -2.36. The number of aryl methyl sites for hydroxylation is 1. The zero-order chi connectivity index (χ0) is 36.1. The minimum atomic E-state index is -2.03. The molecule has 7 nitrogen and oxygen atoms in total. The van der Waals surface area contributed by atoms with Gasteiger partial charge in [0.1, 0.15) is 17.1 Å². The van der Waals surface area contributed by atoms with Crippen molar-refractivity contribution in [1.29, 1.82) is 0 Å². The van der Waals surface area contributed by atoms with Crippen molar-refractivity contribution in [2.45, 2.75) is 38.2 Å². The van der Waals surface area contributed by atoms with Gasteiger partial charge in [0.2, 0.25) is 0 Å². The van der Waals surface area contributed by atoms with Crippen LogP contribution in [0, 0.1) is 0 Å². The maximum atomic E-state index is 12.0. The molecular formula is C41H35ClN6O. The van der Waals surface area contributed by atoms with E-state index in [2.05, 4.69) is 57.8 Å². The van der Waals surface area contributed by atoms with Gasteiger partial charge in [-0.15, -0.1) is 5.10 Å². The highest BCUT2D eigenvalue weighted by atomic mass is 35.5. The van der Waals surface area contributed by atoms with Crippen LogP contribution in [-0.2, 0) is 18.5 Å². The number of imidazole rings is 1. The maximum Gasteiger partial charge on any atom is 0.184 e. The molecule has 0 radical (unpaired) electrons. The van der Waals surface area contributed by atoms with Gasteiger partial charge in [-0.05, 0) is 50.2 Å². The van der Waals surface area contributed by atoms with E-state index >= 15 is 0 Å². The molecular weight excluding hydrogens is 628 g/mol. The molecule has 0 atom stereocenters. The number of aromatic nitrogens is 6. The van der Waals surface area contributed by atoms with Gasteiger partial charge < -0.3 is 4.57 Å². The summed E-state index contributed by atoms with van der Waals surface area (Å²) in [5.74, 6) is 1.18. The van der Waals surface area contributed by atoms with Crippen LogP contribution >= 0.6 is 11.6 Å². The third-order valence-electron chi connectivity index (χ3n) is 8.87. The van der Waals surface area contributed by atoms with Crippen molar-refractivity contribution >= 4 is 17.9 Å². The number of carbonyl (C=O) groups excluding carboxylic acids is 1. The minimum absolute atomic E-state index is 0.0501. The van der Waals surface area contributed by atoms with Crippen LogP contribution < -0.4 is 0 Å². The van der Waals surface area contributed by atoms with Gasteiger partial charge >= 0.3 is 0 Å². The highest BCUT2D eigenvalue weighted by molar-refractivity contribution is 6.31. The number of aldehydes is 1. The van der Waals surface area contributed by atoms with Crippen LogP contribution in [0.15, 0.2) is 140 Å². The molecule has 7 rings (SSSR count). The van der Waals surface area contributed by atoms with Gasteiger partial charge in [-0.1, -0.05) is 164 Å². The first-order valence-electron chi connectivity index (χ1n) is 17.6. The van der Waals surface area contributed by atoms with Crippen LogP contribution in [0.3, 0.4) is 0 Å². The molecule has 0 bridgehead atoms. The number of hydrogen-bond acceptors (Lipinski definition) is 5. The number of benzene rings is 5. The summed E-state index contributed by atoms with van der Waals surface area (Å²) in [6.07, 6.45) is 1.53. The molecule has 0 amide bonds. The van der Waals surface area contributed by atoms with Crippen molar-refractivity contribution in [3.63, 3.8) is 0 Å². The van der Waals surface area contributed by atoms with E-state index in [1.165, 1.54) is 0 Å². The van der Waals surface area contributed by atoms with Crippen molar-refractivity contribution in [2.24, 2.45) is 0 Å². The summed E-state index contributed by atoms with van der Waals surface area (Å²) >= 11 is 6.33. The lowest BCUT2D eigenvalue weighted by atomic mass is 9.77. The Balaban J connectivity index is 1.29. The summed E-state index contributed by atoms with van der Waals surface area (Å²) in [5.41, 5.74) is 6.08. The first kappa shape index (κ1) is 28.4. The molecule has 7 aromatic rings. The Labute approximate surface area is 295 Å². The van der Waals surface area contributed by atoms with Gasteiger partial charge in [0.25, 0.3) is 0 Å². The largest absolute Gasteiger partial charge is 0.320 e. The molecule has 49 heavy (non-hydrogen) atoms. The highest BCUT2D eigenvalue weighted by Gasteiger charge is 2.42. The summed E-state index contributed by atoms with van der Waals surface area (Å²) < 4.78 is 26.3. The van der Waals surface area contributed by atoms with Crippen LogP contribution in [0.1, 0.15) is 62.4 Å². The Kier molecular flexibility index (Phi) is 8.23. The van der Waals surface area contributed by atoms with E-state index in [1.54, 1.807) is 4.57 Å². The second-order valence-electron chi connectivity index (χ2n) is 11.7. The number of nitrogens with zero attached hydrogens (tertiary/aromatic N) is 6. The zero-order valence-corrected chi connectivity index (χ0v) is 27.4. The molecule has 0 spiro atoms. The first-order valence-corrected chi connectivity index (χ1v) is 16.5. The van der Waals surface area contributed by atoms with E-state index in [1.807, 2.05) is 102 Å². The Bertz CT molecular complexity index is 2180. The molecule has 0 saturated heterocycles. The fraction of sp³-hybridized carbons (Fsp3) is 0.146. The van der Waals surface area contributed by atoms with Crippen LogP contribution in [0.5, 0.6) is 0 Å². The van der Waals surface area contributed by atoms with Gasteiger partial charge in [0, 0.05) is 22.6 Å². The van der Waals surface area contributed by atoms with Gasteiger partial charge in [-0.2, -0.15) is 0 Å². The number of tetrazole rings is 1. The molecule has 2 heterocycles. The van der Waals surface area contributed by atoms with E-state index in [4.69, 9.17) is 20.9 Å². The third-order valence-corrected chi connectivity index (χ3v) is 9.14. The molecule has 242 valence electrons. The smallest absolute Gasteiger partial charge is 0.184 e. The van der Waals surface area contributed by atoms with Crippen LogP contribution in [-0.4, -0.2) is 36.0 Å². The zero-order valence-electron chi connectivity index (χ0n) is 29.7. The fourth-order valence-corrected chi connectivity index (χ4v) is 6.84. The van der Waals surface area contributed by atoms with E-state index < -0.39 is 12.4 Å². The Morgan fingerprint density at radius 1 is 0.755 bits per heavy atom. The molecule has 8 heteroatoms. The van der Waals surface area contributed by atoms with Crippen LogP contribution in [0.4, 0.5) is 0 Å². The Morgan fingerprint density at radius 3 is 1.90 bits per heavy atom. The van der Waals surface area contributed by atoms with Gasteiger partial charge in [-0.3, -0.25) is 4.79 Å². The van der Waals surface area contributed by atoms with E-state index in [-0.39, 0.29) is 17.3 Å².